The lowest BCUT2D eigenvalue weighted by Crippen LogP contribution is -2.08. The number of nitrogens with one attached hydrogen (secondary N) is 1. The molecule has 0 aliphatic rings. The van der Waals surface area contributed by atoms with Crippen LogP contribution >= 0.6 is 11.3 Å². The number of methoxy groups -OCH3 is 1. The summed E-state index contributed by atoms with van der Waals surface area (Å²) in [6.07, 6.45) is 1.20. The maximum atomic E-state index is 11.4. The fourth-order valence-corrected chi connectivity index (χ4v) is 1.92. The van der Waals surface area contributed by atoms with Crippen LogP contribution in [0, 0.1) is 11.3 Å². The van der Waals surface area contributed by atoms with Gasteiger partial charge in [0.15, 0.2) is 5.57 Å². The van der Waals surface area contributed by atoms with Crippen LogP contribution in [-0.4, -0.2) is 25.7 Å². The number of hydrogen-bond acceptors (Lipinski definition) is 7. The quantitative estimate of drug-likeness (QED) is 0.503. The maximum absolute atomic E-state index is 11.4. The number of ether oxygens (including phenoxy) is 2. The molecule has 1 N–H and O–H groups in total. The van der Waals surface area contributed by atoms with Crippen molar-refractivity contribution in [3.63, 3.8) is 0 Å². The van der Waals surface area contributed by atoms with Crippen LogP contribution < -0.4 is 5.32 Å². The number of anilines is 1. The lowest BCUT2D eigenvalue weighted by molar-refractivity contribution is -0.138. The highest BCUT2D eigenvalue weighted by molar-refractivity contribution is 7.14. The van der Waals surface area contributed by atoms with E-state index < -0.39 is 11.9 Å². The molecule has 19 heavy (non-hydrogen) atoms. The SMILES string of the molecule is CCOC(=O)C(C#N)=CNc1sccc1C(=O)OC. The molecule has 0 unspecified atom stereocenters. The van der Waals surface area contributed by atoms with Crippen LogP contribution in [0.1, 0.15) is 17.3 Å². The Balaban J connectivity index is 2.85. The molecule has 0 amide bonds. The predicted molar refractivity (Wildman–Crippen MR) is 69.6 cm³/mol. The highest BCUT2D eigenvalue weighted by Gasteiger charge is 2.14. The zero-order valence-corrected chi connectivity index (χ0v) is 11.2. The van der Waals surface area contributed by atoms with Gasteiger partial charge in [-0.25, -0.2) is 9.59 Å². The van der Waals surface area contributed by atoms with Crippen molar-refractivity contribution in [1.82, 2.24) is 0 Å². The molecule has 1 rings (SSSR count). The summed E-state index contributed by atoms with van der Waals surface area (Å²) >= 11 is 1.25. The number of nitrogens with zero attached hydrogens (tertiary/aromatic N) is 1. The largest absolute Gasteiger partial charge is 0.465 e. The van der Waals surface area contributed by atoms with Crippen LogP contribution in [0.4, 0.5) is 5.00 Å². The van der Waals surface area contributed by atoms with Gasteiger partial charge >= 0.3 is 11.9 Å². The smallest absolute Gasteiger partial charge is 0.350 e. The number of carbonyl (C=O) groups is 2. The highest BCUT2D eigenvalue weighted by Crippen LogP contribution is 2.24. The van der Waals surface area contributed by atoms with Crippen LogP contribution in [-0.2, 0) is 14.3 Å². The van der Waals surface area contributed by atoms with E-state index in [1.165, 1.54) is 24.6 Å². The van der Waals surface area contributed by atoms with Crippen molar-refractivity contribution < 1.29 is 19.1 Å². The molecule has 0 aliphatic heterocycles. The zero-order valence-electron chi connectivity index (χ0n) is 10.4. The molecule has 0 bridgehead atoms. The maximum Gasteiger partial charge on any atom is 0.350 e. The fraction of sp³-hybridized carbons (Fsp3) is 0.250. The van der Waals surface area contributed by atoms with Gasteiger partial charge in [0.05, 0.1) is 19.3 Å². The Hall–Kier alpha value is -2.33. The van der Waals surface area contributed by atoms with Gasteiger partial charge in [-0.15, -0.1) is 11.3 Å². The normalized spacial score (nSPS) is 10.5. The minimum Gasteiger partial charge on any atom is -0.465 e. The Labute approximate surface area is 114 Å². The van der Waals surface area contributed by atoms with Gasteiger partial charge in [0.25, 0.3) is 0 Å². The van der Waals surface area contributed by atoms with Gasteiger partial charge in [-0.2, -0.15) is 5.26 Å². The molecule has 6 nitrogen and oxygen atoms in total. The Kier molecular flexibility index (Phi) is 5.57. The second-order valence-corrected chi connectivity index (χ2v) is 4.11. The van der Waals surface area contributed by atoms with Crippen molar-refractivity contribution in [2.24, 2.45) is 0 Å². The van der Waals surface area contributed by atoms with Gasteiger partial charge in [0.1, 0.15) is 11.1 Å². The van der Waals surface area contributed by atoms with Crippen LogP contribution in [0.5, 0.6) is 0 Å². The first kappa shape index (κ1) is 14.7. The monoisotopic (exact) mass is 280 g/mol. The molecule has 1 aromatic heterocycles. The first-order chi connectivity index (χ1) is 9.13. The van der Waals surface area contributed by atoms with Crippen molar-refractivity contribution in [3.05, 3.63) is 28.8 Å². The summed E-state index contributed by atoms with van der Waals surface area (Å²) in [7, 11) is 1.28. The number of rotatable bonds is 5. The predicted octanol–water partition coefficient (Wildman–Crippen LogP) is 1.92. The molecule has 0 spiro atoms. The van der Waals surface area contributed by atoms with Crippen molar-refractivity contribution in [3.8, 4) is 6.07 Å². The molecule has 0 saturated heterocycles. The molecule has 7 heteroatoms. The van der Waals surface area contributed by atoms with Gasteiger partial charge < -0.3 is 14.8 Å². The highest BCUT2D eigenvalue weighted by atomic mass is 32.1. The van der Waals surface area contributed by atoms with Gasteiger partial charge in [-0.3, -0.25) is 0 Å². The van der Waals surface area contributed by atoms with Crippen LogP contribution in [0.2, 0.25) is 0 Å². The lowest BCUT2D eigenvalue weighted by Gasteiger charge is -2.03. The minimum absolute atomic E-state index is 0.175. The van der Waals surface area contributed by atoms with Gasteiger partial charge in [0, 0.05) is 6.20 Å². The average Bonchev–Trinajstić information content (AvgIpc) is 2.87. The molecule has 0 aliphatic carbocycles. The Morgan fingerprint density at radius 2 is 2.32 bits per heavy atom. The number of thiophene rings is 1. The molecular formula is C12H12N2O4S. The van der Waals surface area contributed by atoms with Crippen LogP contribution in [0.3, 0.4) is 0 Å². The topological polar surface area (TPSA) is 88.4 Å². The third kappa shape index (κ3) is 3.82. The molecule has 0 atom stereocenters. The van der Waals surface area contributed by atoms with E-state index in [2.05, 4.69) is 10.1 Å². The molecule has 0 radical (unpaired) electrons. The number of esters is 2. The van der Waals surface area contributed by atoms with Gasteiger partial charge in [-0.1, -0.05) is 0 Å². The van der Waals surface area contributed by atoms with Crippen molar-refractivity contribution in [1.29, 1.82) is 5.26 Å². The van der Waals surface area contributed by atoms with Gasteiger partial charge in [0.2, 0.25) is 0 Å². The Morgan fingerprint density at radius 1 is 1.58 bits per heavy atom. The van der Waals surface area contributed by atoms with Crippen LogP contribution in [0.15, 0.2) is 23.2 Å². The Bertz CT molecular complexity index is 542. The second-order valence-electron chi connectivity index (χ2n) is 3.19. The molecule has 1 aromatic rings. The number of hydrogen-bond donors (Lipinski definition) is 1. The van der Waals surface area contributed by atoms with Gasteiger partial charge in [-0.05, 0) is 18.4 Å². The summed E-state index contributed by atoms with van der Waals surface area (Å²) in [5.41, 5.74) is 0.163. The molecule has 100 valence electrons. The lowest BCUT2D eigenvalue weighted by atomic mass is 10.3. The minimum atomic E-state index is -0.714. The fourth-order valence-electron chi connectivity index (χ4n) is 1.18. The van der Waals surface area contributed by atoms with E-state index in [4.69, 9.17) is 10.00 Å². The molecule has 1 heterocycles. The third-order valence-electron chi connectivity index (χ3n) is 2.03. The van der Waals surface area contributed by atoms with E-state index in [0.717, 1.165) is 0 Å². The van der Waals surface area contributed by atoms with Crippen LogP contribution in [0.25, 0.3) is 0 Å². The summed E-state index contributed by atoms with van der Waals surface area (Å²) < 4.78 is 9.31. The molecule has 0 saturated carbocycles. The van der Waals surface area contributed by atoms with Crippen molar-refractivity contribution >= 4 is 28.3 Å². The van der Waals surface area contributed by atoms with E-state index in [9.17, 15) is 9.59 Å². The first-order valence-electron chi connectivity index (χ1n) is 5.33. The average molecular weight is 280 g/mol. The summed E-state index contributed by atoms with van der Waals surface area (Å²) in [6, 6.07) is 3.31. The molecular weight excluding hydrogens is 268 g/mol. The summed E-state index contributed by atoms with van der Waals surface area (Å²) in [5, 5.41) is 13.7. The first-order valence-corrected chi connectivity index (χ1v) is 6.21. The third-order valence-corrected chi connectivity index (χ3v) is 2.88. The van der Waals surface area contributed by atoms with E-state index in [0.29, 0.717) is 10.6 Å². The summed E-state index contributed by atoms with van der Waals surface area (Å²) in [4.78, 5) is 22.8. The van der Waals surface area contributed by atoms with Crippen molar-refractivity contribution in [2.75, 3.05) is 19.0 Å². The molecule has 0 aromatic carbocycles. The Morgan fingerprint density at radius 3 is 2.89 bits per heavy atom. The number of carbonyl (C=O) groups excluding carboxylic acids is 2. The van der Waals surface area contributed by atoms with E-state index in [-0.39, 0.29) is 12.2 Å². The summed E-state index contributed by atoms with van der Waals surface area (Å²) in [5.74, 6) is -1.21. The molecule has 0 fully saturated rings. The second kappa shape index (κ2) is 7.18. The number of nitriles is 1. The summed E-state index contributed by atoms with van der Waals surface area (Å²) in [6.45, 7) is 1.83. The van der Waals surface area contributed by atoms with E-state index in [1.807, 2.05) is 0 Å². The van der Waals surface area contributed by atoms with E-state index in [1.54, 1.807) is 24.4 Å². The van der Waals surface area contributed by atoms with E-state index >= 15 is 0 Å². The zero-order chi connectivity index (χ0) is 14.3. The standard InChI is InChI=1S/C12H12N2O4S/c1-3-18-11(15)8(6-13)7-14-10-9(4-5-19-10)12(16)17-2/h4-5,7,14H,3H2,1-2H3. The van der Waals surface area contributed by atoms with Crippen molar-refractivity contribution in [2.45, 2.75) is 6.92 Å².